The summed E-state index contributed by atoms with van der Waals surface area (Å²) in [4.78, 5) is 14.5. The average Bonchev–Trinajstić information content (AvgIpc) is 2.46. The molecule has 2 N–H and O–H groups in total. The molecular formula is C18H28N2O2. The zero-order chi connectivity index (χ0) is 16.2. The molecule has 0 unspecified atom stereocenters. The summed E-state index contributed by atoms with van der Waals surface area (Å²) in [6, 6.07) is 7.70. The molecule has 0 spiro atoms. The van der Waals surface area contributed by atoms with Crippen molar-refractivity contribution >= 4 is 5.91 Å². The lowest BCUT2D eigenvalue weighted by atomic mass is 9.85. The third-order valence-corrected chi connectivity index (χ3v) is 4.50. The van der Waals surface area contributed by atoms with Gasteiger partial charge in [-0.1, -0.05) is 49.1 Å². The molecule has 1 aromatic rings. The number of nitrogens with one attached hydrogen (secondary N) is 1. The van der Waals surface area contributed by atoms with Crippen LogP contribution in [0.25, 0.3) is 0 Å². The lowest BCUT2D eigenvalue weighted by Crippen LogP contribution is -2.47. The molecule has 2 rings (SSSR count). The Labute approximate surface area is 133 Å². The lowest BCUT2D eigenvalue weighted by molar-refractivity contribution is -0.127. The molecule has 0 saturated heterocycles. The van der Waals surface area contributed by atoms with Crippen LogP contribution >= 0.6 is 0 Å². The third-order valence-electron chi connectivity index (χ3n) is 4.50. The van der Waals surface area contributed by atoms with E-state index in [0.717, 1.165) is 36.8 Å². The number of nitrogens with zero attached hydrogens (tertiary/aromatic N) is 1. The van der Waals surface area contributed by atoms with Gasteiger partial charge in [0.1, 0.15) is 6.04 Å². The number of carbonyl (C=O) groups excluding carboxylic acids is 1. The Kier molecular flexibility index (Phi) is 5.59. The second-order valence-electron chi connectivity index (χ2n) is 6.78. The first kappa shape index (κ1) is 17.0. The number of aliphatic hydroxyl groups is 1. The van der Waals surface area contributed by atoms with Gasteiger partial charge in [-0.05, 0) is 39.4 Å². The number of hydrogen-bond acceptors (Lipinski definition) is 3. The highest BCUT2D eigenvalue weighted by molar-refractivity contribution is 5.83. The first-order valence-electron chi connectivity index (χ1n) is 8.14. The zero-order valence-electron chi connectivity index (χ0n) is 13.9. The molecule has 0 aromatic heterocycles. The lowest BCUT2D eigenvalue weighted by Gasteiger charge is -2.33. The summed E-state index contributed by atoms with van der Waals surface area (Å²) >= 11 is 0. The molecule has 1 atom stereocenters. The molecule has 0 radical (unpaired) electrons. The van der Waals surface area contributed by atoms with E-state index < -0.39 is 5.60 Å². The Morgan fingerprint density at radius 2 is 2.00 bits per heavy atom. The maximum Gasteiger partial charge on any atom is 0.242 e. The van der Waals surface area contributed by atoms with Crippen molar-refractivity contribution in [2.24, 2.45) is 0 Å². The van der Waals surface area contributed by atoms with Crippen LogP contribution in [0.1, 0.15) is 49.3 Å². The van der Waals surface area contributed by atoms with Gasteiger partial charge in [0.25, 0.3) is 0 Å². The molecule has 4 heteroatoms. The summed E-state index contributed by atoms with van der Waals surface area (Å²) in [5.74, 6) is -0.0467. The number of benzene rings is 1. The smallest absolute Gasteiger partial charge is 0.242 e. The highest BCUT2D eigenvalue weighted by Crippen LogP contribution is 2.27. The Hall–Kier alpha value is -1.39. The number of hydrogen-bond donors (Lipinski definition) is 2. The standard InChI is InChI=1S/C18H28N2O2/c1-14-8-7-9-15(12-14)16(20(2)3)17(21)19-13-18(22)10-5-4-6-11-18/h7-9,12,16,22H,4-6,10-11,13H2,1-3H3,(H,19,21)/t16-/m0/s1. The van der Waals surface area contributed by atoms with Gasteiger partial charge in [-0.3, -0.25) is 9.69 Å². The summed E-state index contributed by atoms with van der Waals surface area (Å²) in [7, 11) is 3.81. The molecule has 1 saturated carbocycles. The second-order valence-corrected chi connectivity index (χ2v) is 6.78. The first-order valence-corrected chi connectivity index (χ1v) is 8.14. The maximum atomic E-state index is 12.6. The van der Waals surface area contributed by atoms with Crippen molar-refractivity contribution < 1.29 is 9.90 Å². The fourth-order valence-corrected chi connectivity index (χ4v) is 3.26. The van der Waals surface area contributed by atoms with Gasteiger partial charge in [0.2, 0.25) is 5.91 Å². The third kappa shape index (κ3) is 4.31. The number of carbonyl (C=O) groups is 1. The van der Waals surface area contributed by atoms with Gasteiger partial charge < -0.3 is 10.4 Å². The molecule has 1 aromatic carbocycles. The Morgan fingerprint density at radius 3 is 2.59 bits per heavy atom. The largest absolute Gasteiger partial charge is 0.388 e. The SMILES string of the molecule is Cc1cccc([C@@H](C(=O)NCC2(O)CCCCC2)N(C)C)c1. The highest BCUT2D eigenvalue weighted by atomic mass is 16.3. The average molecular weight is 304 g/mol. The van der Waals surface area contributed by atoms with Crippen LogP contribution in [0.4, 0.5) is 0 Å². The number of rotatable bonds is 5. The van der Waals surface area contributed by atoms with Crippen molar-refractivity contribution in [3.05, 3.63) is 35.4 Å². The van der Waals surface area contributed by atoms with Crippen LogP contribution in [-0.2, 0) is 4.79 Å². The molecule has 1 amide bonds. The molecule has 1 aliphatic rings. The summed E-state index contributed by atoms with van der Waals surface area (Å²) in [6.07, 6.45) is 4.83. The van der Waals surface area contributed by atoms with Crippen molar-refractivity contribution in [2.75, 3.05) is 20.6 Å². The zero-order valence-corrected chi connectivity index (χ0v) is 13.9. The van der Waals surface area contributed by atoms with E-state index in [4.69, 9.17) is 0 Å². The Morgan fingerprint density at radius 1 is 1.32 bits per heavy atom. The van der Waals surface area contributed by atoms with Gasteiger partial charge >= 0.3 is 0 Å². The molecule has 0 heterocycles. The molecule has 4 nitrogen and oxygen atoms in total. The van der Waals surface area contributed by atoms with E-state index >= 15 is 0 Å². The Balaban J connectivity index is 2.04. The van der Waals surface area contributed by atoms with Crippen molar-refractivity contribution in [3.63, 3.8) is 0 Å². The summed E-state index contributed by atoms with van der Waals surface area (Å²) in [5.41, 5.74) is 1.40. The monoisotopic (exact) mass is 304 g/mol. The fraction of sp³-hybridized carbons (Fsp3) is 0.611. The normalized spacial score (nSPS) is 19.0. The van der Waals surface area contributed by atoms with Gasteiger partial charge in [0.05, 0.1) is 5.60 Å². The van der Waals surface area contributed by atoms with E-state index in [2.05, 4.69) is 5.32 Å². The second kappa shape index (κ2) is 7.25. The van der Waals surface area contributed by atoms with Gasteiger partial charge in [-0.2, -0.15) is 0 Å². The van der Waals surface area contributed by atoms with Gasteiger partial charge in [0.15, 0.2) is 0 Å². The van der Waals surface area contributed by atoms with Crippen molar-refractivity contribution in [3.8, 4) is 0 Å². The summed E-state index contributed by atoms with van der Waals surface area (Å²) in [6.45, 7) is 2.38. The van der Waals surface area contributed by atoms with Crippen LogP contribution in [0.3, 0.4) is 0 Å². The van der Waals surface area contributed by atoms with Crippen LogP contribution < -0.4 is 5.32 Å². The van der Waals surface area contributed by atoms with Crippen molar-refractivity contribution in [1.29, 1.82) is 0 Å². The summed E-state index contributed by atoms with van der Waals surface area (Å²) < 4.78 is 0. The molecule has 0 bridgehead atoms. The maximum absolute atomic E-state index is 12.6. The molecule has 1 aliphatic carbocycles. The predicted octanol–water partition coefficient (Wildman–Crippen LogP) is 2.41. The molecule has 22 heavy (non-hydrogen) atoms. The molecule has 122 valence electrons. The van der Waals surface area contributed by atoms with E-state index in [9.17, 15) is 9.90 Å². The fourth-order valence-electron chi connectivity index (χ4n) is 3.26. The van der Waals surface area contributed by atoms with E-state index in [1.54, 1.807) is 0 Å². The quantitative estimate of drug-likeness (QED) is 0.878. The highest BCUT2D eigenvalue weighted by Gasteiger charge is 2.31. The minimum absolute atomic E-state index is 0.0467. The van der Waals surface area contributed by atoms with Crippen molar-refractivity contribution in [1.82, 2.24) is 10.2 Å². The van der Waals surface area contributed by atoms with Crippen molar-refractivity contribution in [2.45, 2.75) is 50.7 Å². The first-order chi connectivity index (χ1) is 10.4. The number of amides is 1. The van der Waals surface area contributed by atoms with E-state index in [1.165, 1.54) is 6.42 Å². The number of likely N-dealkylation sites (N-methyl/N-ethyl adjacent to an activating group) is 1. The minimum atomic E-state index is -0.725. The topological polar surface area (TPSA) is 52.6 Å². The van der Waals surface area contributed by atoms with Crippen LogP contribution in [0, 0.1) is 6.92 Å². The molecular weight excluding hydrogens is 276 g/mol. The minimum Gasteiger partial charge on any atom is -0.388 e. The predicted molar refractivity (Wildman–Crippen MR) is 88.7 cm³/mol. The van der Waals surface area contributed by atoms with E-state index in [1.807, 2.05) is 50.2 Å². The van der Waals surface area contributed by atoms with Gasteiger partial charge in [-0.15, -0.1) is 0 Å². The van der Waals surface area contributed by atoms with E-state index in [-0.39, 0.29) is 11.9 Å². The Bertz CT molecular complexity index is 508. The van der Waals surface area contributed by atoms with Crippen LogP contribution in [0.2, 0.25) is 0 Å². The van der Waals surface area contributed by atoms with Crippen LogP contribution in [0.15, 0.2) is 24.3 Å². The molecule has 1 fully saturated rings. The van der Waals surface area contributed by atoms with Crippen LogP contribution in [0.5, 0.6) is 0 Å². The number of aryl methyl sites for hydroxylation is 1. The van der Waals surface area contributed by atoms with Gasteiger partial charge in [-0.25, -0.2) is 0 Å². The van der Waals surface area contributed by atoms with Gasteiger partial charge in [0, 0.05) is 6.54 Å². The summed E-state index contributed by atoms with van der Waals surface area (Å²) in [5, 5.41) is 13.5. The van der Waals surface area contributed by atoms with E-state index in [0.29, 0.717) is 6.54 Å². The van der Waals surface area contributed by atoms with Crippen LogP contribution in [-0.4, -0.2) is 42.2 Å². The molecule has 0 aliphatic heterocycles.